The first-order chi connectivity index (χ1) is 12.1. The van der Waals surface area contributed by atoms with E-state index < -0.39 is 5.97 Å². The maximum absolute atomic E-state index is 12.3. The predicted molar refractivity (Wildman–Crippen MR) is 92.6 cm³/mol. The molecule has 134 valence electrons. The second-order valence-electron chi connectivity index (χ2n) is 6.32. The van der Waals surface area contributed by atoms with E-state index in [4.69, 9.17) is 13.9 Å². The minimum Gasteiger partial charge on any atom is -0.497 e. The van der Waals surface area contributed by atoms with Crippen LogP contribution in [-0.2, 0) is 11.2 Å². The normalized spacial score (nSPS) is 20.6. The van der Waals surface area contributed by atoms with Crippen LogP contribution in [0.15, 0.2) is 35.1 Å². The molecule has 6 heteroatoms. The Morgan fingerprint density at radius 1 is 1.36 bits per heavy atom. The van der Waals surface area contributed by atoms with E-state index in [-0.39, 0.29) is 17.7 Å². The zero-order valence-electron chi connectivity index (χ0n) is 14.9. The van der Waals surface area contributed by atoms with Crippen molar-refractivity contribution in [1.29, 1.82) is 0 Å². The van der Waals surface area contributed by atoms with E-state index >= 15 is 0 Å². The summed E-state index contributed by atoms with van der Waals surface area (Å²) in [6.07, 6.45) is 2.89. The molecule has 2 atom stereocenters. The van der Waals surface area contributed by atoms with Crippen LogP contribution in [0.1, 0.15) is 41.2 Å². The molecular weight excluding hydrogens is 320 g/mol. The second-order valence-corrected chi connectivity index (χ2v) is 6.32. The van der Waals surface area contributed by atoms with Crippen LogP contribution < -0.4 is 4.74 Å². The second kappa shape index (κ2) is 7.70. The maximum Gasteiger partial charge on any atom is 0.360 e. The van der Waals surface area contributed by atoms with Crippen LogP contribution in [-0.4, -0.2) is 43.2 Å². The number of aryl methyl sites for hydroxylation is 1. The van der Waals surface area contributed by atoms with Crippen LogP contribution >= 0.6 is 0 Å². The molecule has 0 unspecified atom stereocenters. The number of benzene rings is 1. The van der Waals surface area contributed by atoms with Gasteiger partial charge in [0.25, 0.3) is 0 Å². The average molecular weight is 344 g/mol. The molecule has 0 spiro atoms. The third kappa shape index (κ3) is 3.69. The molecular formula is C19H24N2O4. The van der Waals surface area contributed by atoms with Crippen LogP contribution in [0.2, 0.25) is 0 Å². The van der Waals surface area contributed by atoms with Crippen LogP contribution in [0.3, 0.4) is 0 Å². The molecule has 0 bridgehead atoms. The Hall–Kier alpha value is -2.34. The summed E-state index contributed by atoms with van der Waals surface area (Å²) < 4.78 is 16.0. The average Bonchev–Trinajstić information content (AvgIpc) is 3.26. The first kappa shape index (κ1) is 17.5. The van der Waals surface area contributed by atoms with E-state index in [0.717, 1.165) is 18.7 Å². The minimum atomic E-state index is -0.409. The van der Waals surface area contributed by atoms with Gasteiger partial charge in [-0.05, 0) is 37.7 Å². The number of hydrogen-bond acceptors (Lipinski definition) is 6. The van der Waals surface area contributed by atoms with E-state index in [1.54, 1.807) is 7.11 Å². The first-order valence-corrected chi connectivity index (χ1v) is 8.57. The molecule has 2 aromatic rings. The monoisotopic (exact) mass is 344 g/mol. The molecule has 0 radical (unpaired) electrons. The van der Waals surface area contributed by atoms with Crippen molar-refractivity contribution in [3.63, 3.8) is 0 Å². The van der Waals surface area contributed by atoms with Gasteiger partial charge in [0.1, 0.15) is 11.5 Å². The van der Waals surface area contributed by atoms with Gasteiger partial charge in [0.15, 0.2) is 12.1 Å². The largest absolute Gasteiger partial charge is 0.497 e. The fourth-order valence-corrected chi connectivity index (χ4v) is 3.47. The summed E-state index contributed by atoms with van der Waals surface area (Å²) in [5.41, 5.74) is 1.49. The van der Waals surface area contributed by atoms with E-state index in [2.05, 4.69) is 29.1 Å². The number of nitrogens with zero attached hydrogens (tertiary/aromatic N) is 2. The fraction of sp³-hybridized carbons (Fsp3) is 0.474. The minimum absolute atomic E-state index is 0.224. The number of esters is 1. The number of oxazole rings is 1. The molecule has 0 saturated carbocycles. The van der Waals surface area contributed by atoms with E-state index in [0.29, 0.717) is 18.8 Å². The SMILES string of the molecule is CCc1ocnc1C(=O)OC[C@@H]1CCN(C)[C@H]1c1ccc(OC)cc1. The van der Waals surface area contributed by atoms with Crippen molar-refractivity contribution in [1.82, 2.24) is 9.88 Å². The molecule has 1 aliphatic heterocycles. The number of carbonyl (C=O) groups is 1. The van der Waals surface area contributed by atoms with Gasteiger partial charge in [-0.2, -0.15) is 0 Å². The predicted octanol–water partition coefficient (Wildman–Crippen LogP) is 3.10. The number of hydrogen-bond donors (Lipinski definition) is 0. The smallest absolute Gasteiger partial charge is 0.360 e. The van der Waals surface area contributed by atoms with E-state index in [9.17, 15) is 4.79 Å². The zero-order valence-corrected chi connectivity index (χ0v) is 14.9. The molecule has 0 aliphatic carbocycles. The first-order valence-electron chi connectivity index (χ1n) is 8.57. The van der Waals surface area contributed by atoms with Crippen molar-refractivity contribution in [2.75, 3.05) is 27.3 Å². The Bertz CT molecular complexity index is 710. The van der Waals surface area contributed by atoms with Crippen LogP contribution in [0.4, 0.5) is 0 Å². The molecule has 25 heavy (non-hydrogen) atoms. The van der Waals surface area contributed by atoms with Crippen molar-refractivity contribution >= 4 is 5.97 Å². The van der Waals surface area contributed by atoms with Gasteiger partial charge in [0, 0.05) is 18.4 Å². The van der Waals surface area contributed by atoms with Crippen molar-refractivity contribution in [2.24, 2.45) is 5.92 Å². The highest BCUT2D eigenvalue weighted by atomic mass is 16.5. The summed E-state index contributed by atoms with van der Waals surface area (Å²) in [5, 5.41) is 0. The number of ether oxygens (including phenoxy) is 2. The summed E-state index contributed by atoms with van der Waals surface area (Å²) in [4.78, 5) is 18.6. The Morgan fingerprint density at radius 2 is 2.12 bits per heavy atom. The molecule has 1 aromatic heterocycles. The summed E-state index contributed by atoms with van der Waals surface area (Å²) in [5.74, 6) is 1.25. The summed E-state index contributed by atoms with van der Waals surface area (Å²) in [7, 11) is 3.76. The summed E-state index contributed by atoms with van der Waals surface area (Å²) in [6, 6.07) is 8.31. The lowest BCUT2D eigenvalue weighted by Crippen LogP contribution is -2.24. The van der Waals surface area contributed by atoms with Crippen molar-refractivity contribution in [3.05, 3.63) is 47.7 Å². The number of likely N-dealkylation sites (tertiary alicyclic amines) is 1. The number of aromatic nitrogens is 1. The third-order valence-corrected chi connectivity index (χ3v) is 4.82. The quantitative estimate of drug-likeness (QED) is 0.750. The number of methoxy groups -OCH3 is 1. The topological polar surface area (TPSA) is 64.8 Å². The fourth-order valence-electron chi connectivity index (χ4n) is 3.47. The Morgan fingerprint density at radius 3 is 2.80 bits per heavy atom. The molecule has 6 nitrogen and oxygen atoms in total. The van der Waals surface area contributed by atoms with E-state index in [1.807, 2.05) is 19.1 Å². The van der Waals surface area contributed by atoms with Gasteiger partial charge < -0.3 is 13.9 Å². The molecule has 3 rings (SSSR count). The summed E-state index contributed by atoms with van der Waals surface area (Å²) in [6.45, 7) is 3.27. The van der Waals surface area contributed by atoms with Crippen molar-refractivity contribution in [3.8, 4) is 5.75 Å². The molecule has 0 amide bonds. The molecule has 2 heterocycles. The lowest BCUT2D eigenvalue weighted by molar-refractivity contribution is 0.0403. The van der Waals surface area contributed by atoms with Gasteiger partial charge in [-0.15, -0.1) is 0 Å². The number of carbonyl (C=O) groups excluding carboxylic acids is 1. The van der Waals surface area contributed by atoms with Crippen molar-refractivity contribution < 1.29 is 18.7 Å². The van der Waals surface area contributed by atoms with Gasteiger partial charge >= 0.3 is 5.97 Å². The van der Waals surface area contributed by atoms with Crippen LogP contribution in [0, 0.1) is 5.92 Å². The lowest BCUT2D eigenvalue weighted by atomic mass is 9.94. The van der Waals surface area contributed by atoms with Gasteiger partial charge in [-0.3, -0.25) is 4.90 Å². The van der Waals surface area contributed by atoms with Gasteiger partial charge in [-0.1, -0.05) is 19.1 Å². The lowest BCUT2D eigenvalue weighted by Gasteiger charge is -2.25. The molecule has 1 aliphatic rings. The van der Waals surface area contributed by atoms with Crippen molar-refractivity contribution in [2.45, 2.75) is 25.8 Å². The standard InChI is InChI=1S/C19H24N2O4/c1-4-16-17(20-12-25-16)19(22)24-11-14-9-10-21(2)18(14)13-5-7-15(23-3)8-6-13/h5-8,12,14,18H,4,9-11H2,1-3H3/t14-,18-/m0/s1. The number of rotatable bonds is 6. The Labute approximate surface area is 147 Å². The highest BCUT2D eigenvalue weighted by Gasteiger charge is 2.34. The van der Waals surface area contributed by atoms with Gasteiger partial charge in [-0.25, -0.2) is 9.78 Å². The molecule has 0 N–H and O–H groups in total. The summed E-state index contributed by atoms with van der Waals surface area (Å²) >= 11 is 0. The van der Waals surface area contributed by atoms with E-state index in [1.165, 1.54) is 12.0 Å². The maximum atomic E-state index is 12.3. The third-order valence-electron chi connectivity index (χ3n) is 4.82. The Balaban J connectivity index is 1.67. The molecule has 1 saturated heterocycles. The molecule has 1 aromatic carbocycles. The van der Waals surface area contributed by atoms with Gasteiger partial charge in [0.05, 0.1) is 13.7 Å². The van der Waals surface area contributed by atoms with Crippen LogP contribution in [0.25, 0.3) is 0 Å². The van der Waals surface area contributed by atoms with Crippen LogP contribution in [0.5, 0.6) is 5.75 Å². The molecule has 1 fully saturated rings. The van der Waals surface area contributed by atoms with Gasteiger partial charge in [0.2, 0.25) is 0 Å². The Kier molecular flexibility index (Phi) is 5.38. The zero-order chi connectivity index (χ0) is 17.8. The highest BCUT2D eigenvalue weighted by molar-refractivity contribution is 5.88. The highest BCUT2D eigenvalue weighted by Crippen LogP contribution is 2.37.